The fraction of sp³-hybridized carbons (Fsp3) is 0. The maximum atomic E-state index is 16.2. The first kappa shape index (κ1) is 43.2. The maximum absolute atomic E-state index is 16.2. The van der Waals surface area contributed by atoms with E-state index >= 15 is 13.2 Å². The summed E-state index contributed by atoms with van der Waals surface area (Å²) >= 11 is 0. The van der Waals surface area contributed by atoms with Gasteiger partial charge >= 0.3 is 0 Å². The first-order valence-electron chi connectivity index (χ1n) is 25.6. The van der Waals surface area contributed by atoms with Crippen molar-refractivity contribution in [3.05, 3.63) is 236 Å². The lowest BCUT2D eigenvalue weighted by molar-refractivity contribution is 0.628. The number of aromatic nitrogens is 5. The number of halogens is 3. The quantitative estimate of drug-likeness (QED) is 0.185. The van der Waals surface area contributed by atoms with Gasteiger partial charge in [-0.15, -0.1) is 0 Å². The van der Waals surface area contributed by atoms with Gasteiger partial charge in [0.1, 0.15) is 23.1 Å². The molecule has 0 spiro atoms. The minimum Gasteiger partial charge on any atom is -0.353 e. The van der Waals surface area contributed by atoms with Gasteiger partial charge in [-0.2, -0.15) is 0 Å². The normalized spacial score (nSPS) is 12.1. The highest BCUT2D eigenvalue weighted by Gasteiger charge is 2.30. The summed E-state index contributed by atoms with van der Waals surface area (Å²) in [6, 6.07) is 70.0. The fourth-order valence-corrected chi connectivity index (χ4v) is 12.1. The molecule has 3 aromatic heterocycles. The third kappa shape index (κ3) is 6.71. The van der Waals surface area contributed by atoms with Crippen LogP contribution in [0.4, 0.5) is 13.2 Å². The minimum absolute atomic E-state index is 0.405. The van der Waals surface area contributed by atoms with Crippen LogP contribution in [-0.4, -0.2) is 24.9 Å². The van der Waals surface area contributed by atoms with Crippen molar-refractivity contribution in [2.24, 2.45) is 0 Å². The number of nitrogens with zero attached hydrogens (tertiary/aromatic N) is 3. The van der Waals surface area contributed by atoms with Gasteiger partial charge in [-0.3, -0.25) is 0 Å². The van der Waals surface area contributed by atoms with Gasteiger partial charge in [-0.1, -0.05) is 133 Å². The highest BCUT2D eigenvalue weighted by atomic mass is 19.1. The lowest BCUT2D eigenvalue weighted by Gasteiger charge is -2.10. The molecule has 5 heterocycles. The lowest BCUT2D eigenvalue weighted by Crippen LogP contribution is -1.89. The predicted molar refractivity (Wildman–Crippen MR) is 309 cm³/mol. The zero-order valence-corrected chi connectivity index (χ0v) is 40.8. The Balaban J connectivity index is 1.24. The average molecular weight is 994 g/mol. The average Bonchev–Trinajstić information content (AvgIpc) is 4.39. The Kier molecular flexibility index (Phi) is 9.22. The Bertz CT molecular complexity index is 5070. The molecule has 0 radical (unpaired) electrons. The van der Waals surface area contributed by atoms with Crippen molar-refractivity contribution in [2.75, 3.05) is 0 Å². The predicted octanol–water partition coefficient (Wildman–Crippen LogP) is 18.7. The third-order valence-corrected chi connectivity index (χ3v) is 15.6. The first-order chi connectivity index (χ1) is 37.8. The molecule has 0 aliphatic carbocycles. The zero-order chi connectivity index (χ0) is 51.0. The Morgan fingerprint density at radius 3 is 1.00 bits per heavy atom. The Hall–Kier alpha value is -10.2. The second kappa shape index (κ2) is 16.4. The molecule has 2 N–H and O–H groups in total. The number of hydrogen-bond acceptors (Lipinski definition) is 3. The SMILES string of the molecule is Fc1cccc(-c2c3nc(c(-c4cccc(F)c4)c4[nH]c(c(-c5cccc(F)c5)c5nc(nc6[nH]c2c2cc7ccccc7cc62)-c2cc6ccccc6cc2-5)c2cc5ccccc5cc42)-c2cc4ccccc4cc2-3)c1. The van der Waals surface area contributed by atoms with E-state index in [0.717, 1.165) is 86.9 Å². The third-order valence-electron chi connectivity index (χ3n) is 15.6. The summed E-state index contributed by atoms with van der Waals surface area (Å²) in [5.41, 5.74) is 11.3. The minimum atomic E-state index is -0.419. The number of benzene rings is 11. The van der Waals surface area contributed by atoms with Gasteiger partial charge in [0.05, 0.1) is 33.6 Å². The van der Waals surface area contributed by atoms with Crippen LogP contribution in [0.15, 0.2) is 218 Å². The van der Waals surface area contributed by atoms with Crippen LogP contribution in [0.1, 0.15) is 0 Å². The molecule has 0 saturated carbocycles. The molecular weight excluding hydrogens is 956 g/mol. The summed E-state index contributed by atoms with van der Waals surface area (Å²) < 4.78 is 48.3. The molecule has 2 aliphatic rings. The van der Waals surface area contributed by atoms with E-state index in [2.05, 4.69) is 107 Å². The summed E-state index contributed by atoms with van der Waals surface area (Å²) in [7, 11) is 0. The molecule has 360 valence electrons. The molecule has 5 nitrogen and oxygen atoms in total. The van der Waals surface area contributed by atoms with Crippen molar-refractivity contribution in [2.45, 2.75) is 0 Å². The van der Waals surface area contributed by atoms with E-state index in [1.54, 1.807) is 36.4 Å². The molecule has 11 aromatic carbocycles. The van der Waals surface area contributed by atoms with Crippen molar-refractivity contribution in [3.63, 3.8) is 0 Å². The maximum Gasteiger partial charge on any atom is 0.162 e. The largest absolute Gasteiger partial charge is 0.353 e. The standard InChI is InChI=1S/C69H38F3N5/c70-48-23-9-20-45(26-48)59-62-51-29-37-12-1-3-14-39(37)31-53(51)64(73-62)60(46-21-10-24-49(71)27-46)66-55-33-41-16-5-7-18-43(41)35-57(55)68(75-66)77-69-58-36-44-19-8-6-17-42(44)34-56(58)67(76-69)61(47-22-11-25-50(72)28-47)65-54-32-40-15-4-2-13-38(40)30-52(54)63(59)74-65/h1-36,73H,(H,75,76,77). The van der Waals surface area contributed by atoms with Crippen molar-refractivity contribution < 1.29 is 13.2 Å². The lowest BCUT2D eigenvalue weighted by atomic mass is 9.91. The smallest absolute Gasteiger partial charge is 0.162 e. The van der Waals surface area contributed by atoms with Crippen LogP contribution in [0, 0.1) is 17.5 Å². The van der Waals surface area contributed by atoms with Crippen LogP contribution in [0.3, 0.4) is 0 Å². The van der Waals surface area contributed by atoms with Gasteiger partial charge in [0.25, 0.3) is 0 Å². The highest BCUT2D eigenvalue weighted by Crippen LogP contribution is 2.51. The van der Waals surface area contributed by atoms with Crippen LogP contribution in [0.5, 0.6) is 0 Å². The summed E-state index contributed by atoms with van der Waals surface area (Å²) in [6.45, 7) is 0. The van der Waals surface area contributed by atoms with E-state index in [4.69, 9.17) is 15.0 Å². The summed E-state index contributed by atoms with van der Waals surface area (Å²) in [5.74, 6) is -0.775. The second-order valence-electron chi connectivity index (χ2n) is 20.1. The van der Waals surface area contributed by atoms with Gasteiger partial charge in [0.15, 0.2) is 5.82 Å². The molecule has 77 heavy (non-hydrogen) atoms. The first-order valence-corrected chi connectivity index (χ1v) is 25.6. The summed E-state index contributed by atoms with van der Waals surface area (Å²) in [6.07, 6.45) is 0. The number of nitrogens with one attached hydrogen (secondary N) is 2. The molecule has 8 bridgehead atoms. The monoisotopic (exact) mass is 993 g/mol. The van der Waals surface area contributed by atoms with Crippen molar-refractivity contribution >= 4 is 86.8 Å². The van der Waals surface area contributed by atoms with Crippen LogP contribution in [-0.2, 0) is 0 Å². The molecule has 0 atom stereocenters. The van der Waals surface area contributed by atoms with Crippen molar-refractivity contribution in [3.8, 4) is 78.5 Å². The number of fused-ring (bicyclic) bond motifs is 24. The molecule has 0 saturated heterocycles. The van der Waals surface area contributed by atoms with Crippen LogP contribution < -0.4 is 0 Å². The van der Waals surface area contributed by atoms with Crippen LogP contribution in [0.25, 0.3) is 165 Å². The van der Waals surface area contributed by atoms with Gasteiger partial charge in [-0.05, 0) is 145 Å². The van der Waals surface area contributed by atoms with Gasteiger partial charge in [0.2, 0.25) is 0 Å². The van der Waals surface area contributed by atoms with E-state index in [1.165, 1.54) is 18.2 Å². The molecule has 2 aliphatic heterocycles. The number of rotatable bonds is 3. The summed E-state index contributed by atoms with van der Waals surface area (Å²) in [5, 5.41) is 11.3. The van der Waals surface area contributed by atoms with Gasteiger partial charge < -0.3 is 9.97 Å². The van der Waals surface area contributed by atoms with Crippen LogP contribution >= 0.6 is 0 Å². The molecule has 0 amide bonds. The van der Waals surface area contributed by atoms with E-state index in [9.17, 15) is 0 Å². The Morgan fingerprint density at radius 1 is 0.273 bits per heavy atom. The zero-order valence-electron chi connectivity index (χ0n) is 40.8. The highest BCUT2D eigenvalue weighted by molar-refractivity contribution is 6.23. The number of hydrogen-bond donors (Lipinski definition) is 2. The van der Waals surface area contributed by atoms with Gasteiger partial charge in [0, 0.05) is 60.5 Å². The molecule has 8 heteroatoms. The Morgan fingerprint density at radius 2 is 0.597 bits per heavy atom. The van der Waals surface area contributed by atoms with Gasteiger partial charge in [-0.25, -0.2) is 28.1 Å². The van der Waals surface area contributed by atoms with Crippen LogP contribution in [0.2, 0.25) is 0 Å². The molecule has 0 unspecified atom stereocenters. The molecular formula is C69H38F3N5. The van der Waals surface area contributed by atoms with Crippen molar-refractivity contribution in [1.29, 1.82) is 0 Å². The number of aromatic amines is 2. The second-order valence-corrected chi connectivity index (χ2v) is 20.1. The van der Waals surface area contributed by atoms with Crippen molar-refractivity contribution in [1.82, 2.24) is 24.9 Å². The van der Waals surface area contributed by atoms with E-state index in [0.29, 0.717) is 78.5 Å². The molecule has 14 aromatic rings. The Labute approximate surface area is 437 Å². The number of H-pyrrole nitrogens is 2. The van der Waals surface area contributed by atoms with E-state index < -0.39 is 17.5 Å². The molecule has 16 rings (SSSR count). The molecule has 0 fully saturated rings. The van der Waals surface area contributed by atoms with E-state index in [1.807, 2.05) is 66.7 Å². The summed E-state index contributed by atoms with van der Waals surface area (Å²) in [4.78, 5) is 24.9. The topological polar surface area (TPSA) is 70.2 Å². The van der Waals surface area contributed by atoms with E-state index in [-0.39, 0.29) is 0 Å². The fourth-order valence-electron chi connectivity index (χ4n) is 12.1.